The second-order valence-electron chi connectivity index (χ2n) is 2.84. The van der Waals surface area contributed by atoms with Gasteiger partial charge >= 0.3 is 6.18 Å². The standard InChI is InChI=1S/C8H8F4N2/c9-7-2-1-5(4-14-7)3-6(13)8(10,11)12/h1-2,4,6H,3,13H2. The largest absolute Gasteiger partial charge is 0.403 e. The maximum atomic E-state index is 12.3. The van der Waals surface area contributed by atoms with Crippen molar-refractivity contribution in [3.05, 3.63) is 29.8 Å². The number of alkyl halides is 3. The molecule has 1 aromatic rings. The van der Waals surface area contributed by atoms with E-state index in [-0.39, 0.29) is 5.56 Å². The first kappa shape index (κ1) is 10.9. The Bertz CT molecular complexity index is 293. The molecule has 1 heterocycles. The summed E-state index contributed by atoms with van der Waals surface area (Å²) in [6.07, 6.45) is -3.79. The van der Waals surface area contributed by atoms with Crippen molar-refractivity contribution in [1.29, 1.82) is 0 Å². The number of halogens is 4. The van der Waals surface area contributed by atoms with Crippen molar-refractivity contribution < 1.29 is 17.6 Å². The van der Waals surface area contributed by atoms with Crippen LogP contribution in [0.15, 0.2) is 18.3 Å². The van der Waals surface area contributed by atoms with Crippen molar-refractivity contribution in [3.8, 4) is 0 Å². The Balaban J connectivity index is 2.65. The summed E-state index contributed by atoms with van der Waals surface area (Å²) in [4.78, 5) is 3.22. The first-order valence-electron chi connectivity index (χ1n) is 3.82. The van der Waals surface area contributed by atoms with Crippen molar-refractivity contribution in [1.82, 2.24) is 4.98 Å². The van der Waals surface area contributed by atoms with Crippen LogP contribution in [0.4, 0.5) is 17.6 Å². The molecule has 78 valence electrons. The lowest BCUT2D eigenvalue weighted by Crippen LogP contribution is -2.39. The Hall–Kier alpha value is -1.17. The molecule has 0 aromatic carbocycles. The summed E-state index contributed by atoms with van der Waals surface area (Å²) in [7, 11) is 0. The molecule has 0 aliphatic carbocycles. The number of nitrogens with zero attached hydrogens (tertiary/aromatic N) is 1. The van der Waals surface area contributed by atoms with Crippen LogP contribution in [0.25, 0.3) is 0 Å². The molecule has 0 saturated heterocycles. The zero-order chi connectivity index (χ0) is 10.8. The van der Waals surface area contributed by atoms with Crippen LogP contribution in [-0.4, -0.2) is 17.2 Å². The van der Waals surface area contributed by atoms with Crippen molar-refractivity contribution in [3.63, 3.8) is 0 Å². The minimum Gasteiger partial charge on any atom is -0.320 e. The van der Waals surface area contributed by atoms with Crippen molar-refractivity contribution >= 4 is 0 Å². The molecule has 0 amide bonds. The van der Waals surface area contributed by atoms with E-state index in [1.54, 1.807) is 0 Å². The lowest BCUT2D eigenvalue weighted by molar-refractivity contribution is -0.147. The minimum atomic E-state index is -4.44. The molecule has 1 rings (SSSR count). The highest BCUT2D eigenvalue weighted by Gasteiger charge is 2.36. The van der Waals surface area contributed by atoms with Crippen LogP contribution in [-0.2, 0) is 6.42 Å². The maximum absolute atomic E-state index is 12.3. The van der Waals surface area contributed by atoms with Crippen LogP contribution in [0.5, 0.6) is 0 Å². The van der Waals surface area contributed by atoms with Gasteiger partial charge in [0.05, 0.1) is 0 Å². The van der Waals surface area contributed by atoms with Crippen LogP contribution < -0.4 is 5.73 Å². The number of hydrogen-bond acceptors (Lipinski definition) is 2. The molecule has 0 fully saturated rings. The maximum Gasteiger partial charge on any atom is 0.403 e. The van der Waals surface area contributed by atoms with Gasteiger partial charge in [-0.25, -0.2) is 4.98 Å². The lowest BCUT2D eigenvalue weighted by atomic mass is 10.1. The van der Waals surface area contributed by atoms with E-state index in [0.29, 0.717) is 0 Å². The van der Waals surface area contributed by atoms with Gasteiger partial charge in [-0.1, -0.05) is 6.07 Å². The summed E-state index contributed by atoms with van der Waals surface area (Å²) >= 11 is 0. The van der Waals surface area contributed by atoms with E-state index in [1.807, 2.05) is 0 Å². The highest BCUT2D eigenvalue weighted by atomic mass is 19.4. The number of pyridine rings is 1. The number of aromatic nitrogens is 1. The molecule has 1 unspecified atom stereocenters. The van der Waals surface area contributed by atoms with E-state index in [4.69, 9.17) is 5.73 Å². The molecule has 2 N–H and O–H groups in total. The highest BCUT2D eigenvalue weighted by Crippen LogP contribution is 2.21. The van der Waals surface area contributed by atoms with Crippen LogP contribution >= 0.6 is 0 Å². The summed E-state index contributed by atoms with van der Waals surface area (Å²) in [6, 6.07) is 0.293. The number of hydrogen-bond donors (Lipinski definition) is 1. The SMILES string of the molecule is NC(Cc1ccc(F)nc1)C(F)(F)F. The van der Waals surface area contributed by atoms with Gasteiger partial charge in [-0.3, -0.25) is 0 Å². The van der Waals surface area contributed by atoms with E-state index in [9.17, 15) is 17.6 Å². The lowest BCUT2D eigenvalue weighted by Gasteiger charge is -2.14. The van der Waals surface area contributed by atoms with Gasteiger partial charge < -0.3 is 5.73 Å². The van der Waals surface area contributed by atoms with E-state index < -0.39 is 24.6 Å². The molecule has 1 atom stereocenters. The van der Waals surface area contributed by atoms with Gasteiger partial charge in [0.1, 0.15) is 6.04 Å². The quantitative estimate of drug-likeness (QED) is 0.592. The topological polar surface area (TPSA) is 38.9 Å². The summed E-state index contributed by atoms with van der Waals surface area (Å²) in [5.74, 6) is -0.727. The Morgan fingerprint density at radius 1 is 1.36 bits per heavy atom. The summed E-state index contributed by atoms with van der Waals surface area (Å²) in [5, 5.41) is 0. The summed E-state index contributed by atoms with van der Waals surface area (Å²) in [5.41, 5.74) is 5.13. The zero-order valence-electron chi connectivity index (χ0n) is 7.05. The van der Waals surface area contributed by atoms with Crippen molar-refractivity contribution in [2.45, 2.75) is 18.6 Å². The molecule has 0 spiro atoms. The molecular formula is C8H8F4N2. The Labute approximate surface area is 77.7 Å². The third-order valence-corrected chi connectivity index (χ3v) is 1.66. The van der Waals surface area contributed by atoms with E-state index >= 15 is 0 Å². The summed E-state index contributed by atoms with van der Waals surface area (Å²) < 4.78 is 48.3. The fourth-order valence-corrected chi connectivity index (χ4v) is 0.897. The molecule has 0 saturated carbocycles. The molecular weight excluding hydrogens is 200 g/mol. The normalized spacial score (nSPS) is 14.1. The van der Waals surface area contributed by atoms with Gasteiger partial charge in [-0.05, 0) is 18.1 Å². The van der Waals surface area contributed by atoms with E-state index in [2.05, 4.69) is 4.98 Å². The average Bonchev–Trinajstić information content (AvgIpc) is 2.07. The Kier molecular flexibility index (Phi) is 3.05. The van der Waals surface area contributed by atoms with Crippen LogP contribution in [0.2, 0.25) is 0 Å². The van der Waals surface area contributed by atoms with Crippen molar-refractivity contribution in [2.75, 3.05) is 0 Å². The van der Waals surface area contributed by atoms with Crippen LogP contribution in [0.1, 0.15) is 5.56 Å². The third-order valence-electron chi connectivity index (χ3n) is 1.66. The first-order chi connectivity index (χ1) is 6.39. The molecule has 0 radical (unpaired) electrons. The van der Waals surface area contributed by atoms with Crippen molar-refractivity contribution in [2.24, 2.45) is 5.73 Å². The predicted octanol–water partition coefficient (Wildman–Crippen LogP) is 1.65. The highest BCUT2D eigenvalue weighted by molar-refractivity contribution is 5.11. The molecule has 14 heavy (non-hydrogen) atoms. The Morgan fingerprint density at radius 3 is 2.43 bits per heavy atom. The molecule has 2 nitrogen and oxygen atoms in total. The minimum absolute atomic E-state index is 0.260. The zero-order valence-corrected chi connectivity index (χ0v) is 7.05. The van der Waals surface area contributed by atoms with E-state index in [0.717, 1.165) is 12.3 Å². The predicted molar refractivity (Wildman–Crippen MR) is 41.9 cm³/mol. The molecule has 0 bridgehead atoms. The second-order valence-corrected chi connectivity index (χ2v) is 2.84. The third kappa shape index (κ3) is 2.95. The van der Waals surface area contributed by atoms with Gasteiger partial charge in [-0.2, -0.15) is 17.6 Å². The molecule has 6 heteroatoms. The monoisotopic (exact) mass is 208 g/mol. The number of rotatable bonds is 2. The fraction of sp³-hybridized carbons (Fsp3) is 0.375. The fourth-order valence-electron chi connectivity index (χ4n) is 0.897. The van der Waals surface area contributed by atoms with Gasteiger partial charge in [0, 0.05) is 6.20 Å². The second kappa shape index (κ2) is 3.91. The Morgan fingerprint density at radius 2 is 2.00 bits per heavy atom. The molecule has 1 aromatic heterocycles. The van der Waals surface area contributed by atoms with E-state index in [1.165, 1.54) is 6.07 Å². The number of nitrogens with two attached hydrogens (primary N) is 1. The molecule has 0 aliphatic rings. The van der Waals surface area contributed by atoms with Crippen LogP contribution in [0.3, 0.4) is 0 Å². The summed E-state index contributed by atoms with van der Waals surface area (Å²) in [6.45, 7) is 0. The van der Waals surface area contributed by atoms with Crippen LogP contribution in [0, 0.1) is 5.95 Å². The van der Waals surface area contributed by atoms with Gasteiger partial charge in [0.25, 0.3) is 0 Å². The smallest absolute Gasteiger partial charge is 0.320 e. The first-order valence-corrected chi connectivity index (χ1v) is 3.82. The molecule has 0 aliphatic heterocycles. The average molecular weight is 208 g/mol. The van der Waals surface area contributed by atoms with Gasteiger partial charge in [-0.15, -0.1) is 0 Å². The van der Waals surface area contributed by atoms with Gasteiger partial charge in [0.2, 0.25) is 5.95 Å². The van der Waals surface area contributed by atoms with Gasteiger partial charge in [0.15, 0.2) is 0 Å².